The lowest BCUT2D eigenvalue weighted by molar-refractivity contribution is 0.886. The molecule has 20 heavy (non-hydrogen) atoms. The van der Waals surface area contributed by atoms with Gasteiger partial charge in [-0.3, -0.25) is 0 Å². The minimum Gasteiger partial charge on any atom is -0.130 e. The van der Waals surface area contributed by atoms with Crippen LogP contribution in [0.15, 0.2) is 65.1 Å². The molecule has 0 unspecified atom stereocenters. The topological polar surface area (TPSA) is 0 Å². The van der Waals surface area contributed by atoms with Crippen LogP contribution in [-0.2, 0) is 0 Å². The molecule has 1 saturated carbocycles. The molecule has 0 nitrogen and oxygen atoms in total. The molecule has 2 aromatic rings. The van der Waals surface area contributed by atoms with E-state index in [4.69, 9.17) is 0 Å². The highest BCUT2D eigenvalue weighted by Crippen LogP contribution is 2.36. The van der Waals surface area contributed by atoms with Gasteiger partial charge in [-0.25, -0.2) is 0 Å². The predicted octanol–water partition coefficient (Wildman–Crippen LogP) is 5.78. The molecule has 0 radical (unpaired) electrons. The summed E-state index contributed by atoms with van der Waals surface area (Å²) >= 11 is 1.80. The van der Waals surface area contributed by atoms with Gasteiger partial charge in [-0.2, -0.15) is 0 Å². The van der Waals surface area contributed by atoms with Crippen molar-refractivity contribution in [3.63, 3.8) is 0 Å². The van der Waals surface area contributed by atoms with Gasteiger partial charge in [0.25, 0.3) is 0 Å². The maximum absolute atomic E-state index is 2.28. The van der Waals surface area contributed by atoms with Gasteiger partial charge in [0, 0.05) is 4.90 Å². The first-order valence-electron chi connectivity index (χ1n) is 7.30. The highest BCUT2D eigenvalue weighted by Gasteiger charge is 2.15. The number of allylic oxidation sites excluding steroid dienone is 1. The second-order valence-electron chi connectivity index (χ2n) is 5.28. The van der Waals surface area contributed by atoms with Crippen molar-refractivity contribution in [3.8, 4) is 0 Å². The molecule has 0 amide bonds. The second kappa shape index (κ2) is 6.32. The first-order valence-corrected chi connectivity index (χ1v) is 8.53. The highest BCUT2D eigenvalue weighted by molar-refractivity contribution is 7.98. The van der Waals surface area contributed by atoms with Crippen molar-refractivity contribution in [1.82, 2.24) is 0 Å². The van der Waals surface area contributed by atoms with Crippen LogP contribution in [0.2, 0.25) is 0 Å². The Morgan fingerprint density at radius 3 is 2.00 bits per heavy atom. The maximum atomic E-state index is 2.28. The van der Waals surface area contributed by atoms with Gasteiger partial charge in [0.15, 0.2) is 0 Å². The Morgan fingerprint density at radius 2 is 1.40 bits per heavy atom. The summed E-state index contributed by atoms with van der Waals surface area (Å²) in [6.45, 7) is 0. The van der Waals surface area contributed by atoms with Crippen molar-refractivity contribution in [3.05, 3.63) is 71.3 Å². The van der Waals surface area contributed by atoms with E-state index >= 15 is 0 Å². The Morgan fingerprint density at radius 1 is 0.800 bits per heavy atom. The second-order valence-corrected chi connectivity index (χ2v) is 6.16. The fourth-order valence-corrected chi connectivity index (χ4v) is 3.40. The van der Waals surface area contributed by atoms with Gasteiger partial charge in [-0.15, -0.1) is 11.8 Å². The van der Waals surface area contributed by atoms with Gasteiger partial charge in [0.2, 0.25) is 0 Å². The molecule has 102 valence electrons. The molecule has 0 aliphatic heterocycles. The number of hydrogen-bond acceptors (Lipinski definition) is 1. The number of hydrogen-bond donors (Lipinski definition) is 0. The molecule has 2 aromatic carbocycles. The largest absolute Gasteiger partial charge is 0.130 e. The van der Waals surface area contributed by atoms with E-state index in [9.17, 15) is 0 Å². The van der Waals surface area contributed by atoms with E-state index in [1.165, 1.54) is 47.3 Å². The van der Waals surface area contributed by atoms with Crippen molar-refractivity contribution in [2.75, 3.05) is 6.26 Å². The van der Waals surface area contributed by atoms with Crippen molar-refractivity contribution in [1.29, 1.82) is 0 Å². The summed E-state index contributed by atoms with van der Waals surface area (Å²) in [6.07, 6.45) is 7.33. The third kappa shape index (κ3) is 2.83. The van der Waals surface area contributed by atoms with E-state index in [-0.39, 0.29) is 0 Å². The minimum atomic E-state index is 1.26. The molecular weight excluding hydrogens is 260 g/mol. The molecule has 1 heteroatoms. The van der Waals surface area contributed by atoms with Gasteiger partial charge < -0.3 is 0 Å². The van der Waals surface area contributed by atoms with Gasteiger partial charge in [-0.1, -0.05) is 48.0 Å². The third-order valence-electron chi connectivity index (χ3n) is 4.00. The zero-order valence-corrected chi connectivity index (χ0v) is 12.7. The molecule has 0 aromatic heterocycles. The summed E-state index contributed by atoms with van der Waals surface area (Å²) in [7, 11) is 0. The minimum absolute atomic E-state index is 1.26. The molecule has 0 spiro atoms. The van der Waals surface area contributed by atoms with E-state index in [1.807, 2.05) is 0 Å². The van der Waals surface area contributed by atoms with Crippen LogP contribution < -0.4 is 0 Å². The summed E-state index contributed by atoms with van der Waals surface area (Å²) in [5.74, 6) is 0. The quantitative estimate of drug-likeness (QED) is 0.642. The number of benzene rings is 2. The average molecular weight is 280 g/mol. The van der Waals surface area contributed by atoms with Gasteiger partial charge in [-0.05, 0) is 60.8 Å². The smallest absolute Gasteiger partial charge is 0.00695 e. The van der Waals surface area contributed by atoms with Gasteiger partial charge in [0.05, 0.1) is 0 Å². The molecule has 0 saturated heterocycles. The van der Waals surface area contributed by atoms with Crippen molar-refractivity contribution < 1.29 is 0 Å². The standard InChI is InChI=1S/C19H20S/c1-20-18-13-11-17(12-14-18)19(16-9-5-6-10-16)15-7-3-2-4-8-15/h2-4,7-8,11-14H,5-6,9-10H2,1H3. The number of thioether (sulfide) groups is 1. The molecule has 0 N–H and O–H groups in total. The fraction of sp³-hybridized carbons (Fsp3) is 0.263. The van der Waals surface area contributed by atoms with Crippen LogP contribution in [0.3, 0.4) is 0 Å². The fourth-order valence-electron chi connectivity index (χ4n) is 2.99. The van der Waals surface area contributed by atoms with E-state index in [0.717, 1.165) is 0 Å². The normalized spacial score (nSPS) is 14.6. The predicted molar refractivity (Wildman–Crippen MR) is 89.2 cm³/mol. The number of rotatable bonds is 3. The van der Waals surface area contributed by atoms with Crippen LogP contribution in [0.1, 0.15) is 36.8 Å². The van der Waals surface area contributed by atoms with Crippen LogP contribution in [0.5, 0.6) is 0 Å². The molecule has 0 atom stereocenters. The third-order valence-corrected chi connectivity index (χ3v) is 4.75. The summed E-state index contributed by atoms with van der Waals surface area (Å²) < 4.78 is 0. The van der Waals surface area contributed by atoms with E-state index in [0.29, 0.717) is 0 Å². The molecule has 1 aliphatic carbocycles. The van der Waals surface area contributed by atoms with Gasteiger partial charge in [0.1, 0.15) is 0 Å². The molecule has 3 rings (SSSR count). The Hall–Kier alpha value is -1.47. The molecule has 0 heterocycles. The lowest BCUT2D eigenvalue weighted by atomic mass is 9.92. The zero-order valence-electron chi connectivity index (χ0n) is 11.9. The maximum Gasteiger partial charge on any atom is 0.00695 e. The molecule has 1 aliphatic rings. The van der Waals surface area contributed by atoms with E-state index in [2.05, 4.69) is 60.9 Å². The van der Waals surface area contributed by atoms with Crippen molar-refractivity contribution in [2.45, 2.75) is 30.6 Å². The summed E-state index contributed by atoms with van der Waals surface area (Å²) in [5, 5.41) is 0. The Kier molecular flexibility index (Phi) is 4.27. The van der Waals surface area contributed by atoms with Gasteiger partial charge >= 0.3 is 0 Å². The molecular formula is C19H20S. The average Bonchev–Trinajstić information content (AvgIpc) is 3.03. The van der Waals surface area contributed by atoms with Crippen molar-refractivity contribution in [2.24, 2.45) is 0 Å². The summed E-state index contributed by atoms with van der Waals surface area (Å²) in [5.41, 5.74) is 5.83. The Labute approximate surface area is 125 Å². The summed E-state index contributed by atoms with van der Waals surface area (Å²) in [6, 6.07) is 19.9. The Balaban J connectivity index is 2.08. The van der Waals surface area contributed by atoms with Crippen molar-refractivity contribution >= 4 is 17.3 Å². The van der Waals surface area contributed by atoms with Crippen LogP contribution in [-0.4, -0.2) is 6.26 Å². The van der Waals surface area contributed by atoms with Crippen LogP contribution in [0.25, 0.3) is 5.57 Å². The van der Waals surface area contributed by atoms with E-state index in [1.54, 1.807) is 17.3 Å². The van der Waals surface area contributed by atoms with Crippen LogP contribution in [0.4, 0.5) is 0 Å². The lowest BCUT2D eigenvalue weighted by Gasteiger charge is -2.13. The SMILES string of the molecule is CSc1ccc(C(=C2CCCC2)c2ccccc2)cc1. The zero-order chi connectivity index (χ0) is 13.8. The summed E-state index contributed by atoms with van der Waals surface area (Å²) in [4.78, 5) is 1.33. The van der Waals surface area contributed by atoms with E-state index < -0.39 is 0 Å². The Bertz CT molecular complexity index is 585. The molecule has 0 bridgehead atoms. The highest BCUT2D eigenvalue weighted by atomic mass is 32.2. The molecule has 1 fully saturated rings. The first kappa shape index (κ1) is 13.5. The van der Waals surface area contributed by atoms with Crippen LogP contribution >= 0.6 is 11.8 Å². The lowest BCUT2D eigenvalue weighted by Crippen LogP contribution is -1.92. The monoisotopic (exact) mass is 280 g/mol. The van der Waals surface area contributed by atoms with Crippen LogP contribution in [0, 0.1) is 0 Å². The first-order chi connectivity index (χ1) is 9.88.